The Bertz CT molecular complexity index is 678. The highest BCUT2D eigenvalue weighted by atomic mass is 79.9. The zero-order chi connectivity index (χ0) is 14.0. The SMILES string of the molecule is Cn1cc(S(=O)(=O)Nc2ccc(Br)cc2)cc1CO. The normalized spacial score (nSPS) is 11.5. The van der Waals surface area contributed by atoms with E-state index >= 15 is 0 Å². The van der Waals surface area contributed by atoms with Crippen LogP contribution in [0, 0.1) is 0 Å². The minimum Gasteiger partial charge on any atom is -0.390 e. The number of aliphatic hydroxyl groups is 1. The molecule has 0 aliphatic carbocycles. The summed E-state index contributed by atoms with van der Waals surface area (Å²) >= 11 is 3.28. The Morgan fingerprint density at radius 2 is 1.95 bits per heavy atom. The first-order chi connectivity index (χ1) is 8.92. The van der Waals surface area contributed by atoms with Gasteiger partial charge in [0.05, 0.1) is 6.61 Å². The van der Waals surface area contributed by atoms with Gasteiger partial charge in [0.25, 0.3) is 10.0 Å². The first kappa shape index (κ1) is 14.1. The van der Waals surface area contributed by atoms with Crippen LogP contribution in [0.2, 0.25) is 0 Å². The first-order valence-electron chi connectivity index (χ1n) is 5.47. The molecule has 1 heterocycles. The lowest BCUT2D eigenvalue weighted by Crippen LogP contribution is -2.12. The maximum atomic E-state index is 12.2. The lowest BCUT2D eigenvalue weighted by atomic mass is 10.3. The molecule has 1 aromatic heterocycles. The molecule has 0 unspecified atom stereocenters. The van der Waals surface area contributed by atoms with Crippen molar-refractivity contribution in [2.24, 2.45) is 7.05 Å². The molecule has 1 aromatic carbocycles. The van der Waals surface area contributed by atoms with Crippen molar-refractivity contribution in [2.75, 3.05) is 4.72 Å². The van der Waals surface area contributed by atoms with Gasteiger partial charge in [-0.05, 0) is 30.3 Å². The molecule has 19 heavy (non-hydrogen) atoms. The maximum Gasteiger partial charge on any atom is 0.263 e. The molecule has 7 heteroatoms. The van der Waals surface area contributed by atoms with Gasteiger partial charge < -0.3 is 9.67 Å². The molecule has 0 saturated carbocycles. The number of halogens is 1. The molecule has 102 valence electrons. The fourth-order valence-electron chi connectivity index (χ4n) is 1.61. The van der Waals surface area contributed by atoms with Crippen molar-refractivity contribution < 1.29 is 13.5 Å². The fraction of sp³-hybridized carbons (Fsp3) is 0.167. The second-order valence-electron chi connectivity index (χ2n) is 4.05. The molecular formula is C12H13BrN2O3S. The number of rotatable bonds is 4. The van der Waals surface area contributed by atoms with Gasteiger partial charge in [-0.25, -0.2) is 8.42 Å². The van der Waals surface area contributed by atoms with Crippen LogP contribution in [0.5, 0.6) is 0 Å². The summed E-state index contributed by atoms with van der Waals surface area (Å²) in [4.78, 5) is 0.127. The monoisotopic (exact) mass is 344 g/mol. The smallest absolute Gasteiger partial charge is 0.263 e. The Morgan fingerprint density at radius 3 is 2.47 bits per heavy atom. The van der Waals surface area contributed by atoms with Crippen molar-refractivity contribution in [3.8, 4) is 0 Å². The van der Waals surface area contributed by atoms with E-state index in [1.807, 2.05) is 0 Å². The summed E-state index contributed by atoms with van der Waals surface area (Å²) < 4.78 is 29.2. The first-order valence-corrected chi connectivity index (χ1v) is 7.74. The van der Waals surface area contributed by atoms with Gasteiger partial charge in [0.2, 0.25) is 0 Å². The van der Waals surface area contributed by atoms with Gasteiger partial charge in [-0.2, -0.15) is 0 Å². The third-order valence-electron chi connectivity index (χ3n) is 2.65. The van der Waals surface area contributed by atoms with E-state index in [0.29, 0.717) is 11.4 Å². The van der Waals surface area contributed by atoms with Crippen LogP contribution in [0.25, 0.3) is 0 Å². The minimum atomic E-state index is -3.64. The average molecular weight is 345 g/mol. The summed E-state index contributed by atoms with van der Waals surface area (Å²) in [6.45, 7) is -0.204. The van der Waals surface area contributed by atoms with Crippen LogP contribution in [0.4, 0.5) is 5.69 Å². The van der Waals surface area contributed by atoms with Crippen LogP contribution in [0.1, 0.15) is 5.69 Å². The van der Waals surface area contributed by atoms with E-state index in [1.165, 1.54) is 12.3 Å². The van der Waals surface area contributed by atoms with Crippen molar-refractivity contribution in [2.45, 2.75) is 11.5 Å². The van der Waals surface area contributed by atoms with Gasteiger partial charge >= 0.3 is 0 Å². The van der Waals surface area contributed by atoms with Crippen LogP contribution >= 0.6 is 15.9 Å². The zero-order valence-electron chi connectivity index (χ0n) is 10.2. The molecule has 0 aliphatic heterocycles. The highest BCUT2D eigenvalue weighted by Crippen LogP contribution is 2.20. The highest BCUT2D eigenvalue weighted by Gasteiger charge is 2.17. The van der Waals surface area contributed by atoms with Crippen molar-refractivity contribution in [1.82, 2.24) is 4.57 Å². The van der Waals surface area contributed by atoms with Gasteiger partial charge in [0.1, 0.15) is 4.90 Å². The molecule has 0 saturated heterocycles. The molecule has 0 aliphatic rings. The predicted molar refractivity (Wildman–Crippen MR) is 76.3 cm³/mol. The van der Waals surface area contributed by atoms with Crippen LogP contribution in [0.15, 0.2) is 45.9 Å². The molecule has 2 rings (SSSR count). The number of aliphatic hydroxyl groups excluding tert-OH is 1. The van der Waals surface area contributed by atoms with Crippen molar-refractivity contribution in [3.05, 3.63) is 46.7 Å². The average Bonchev–Trinajstić information content (AvgIpc) is 2.74. The number of anilines is 1. The molecule has 0 amide bonds. The lowest BCUT2D eigenvalue weighted by molar-refractivity contribution is 0.272. The van der Waals surface area contributed by atoms with Crippen LogP contribution < -0.4 is 4.72 Å². The number of aromatic nitrogens is 1. The van der Waals surface area contributed by atoms with Gasteiger partial charge in [0, 0.05) is 29.1 Å². The van der Waals surface area contributed by atoms with E-state index in [-0.39, 0.29) is 11.5 Å². The van der Waals surface area contributed by atoms with Gasteiger partial charge in [0.15, 0.2) is 0 Å². The van der Waals surface area contributed by atoms with Crippen LogP contribution in [-0.4, -0.2) is 18.1 Å². The molecule has 0 atom stereocenters. The number of hydrogen-bond donors (Lipinski definition) is 2. The van der Waals surface area contributed by atoms with Gasteiger partial charge in [-0.1, -0.05) is 15.9 Å². The summed E-state index contributed by atoms with van der Waals surface area (Å²) in [6, 6.07) is 8.28. The Balaban J connectivity index is 2.29. The molecule has 0 radical (unpaired) electrons. The lowest BCUT2D eigenvalue weighted by Gasteiger charge is -2.06. The summed E-state index contributed by atoms with van der Waals surface area (Å²) in [5, 5.41) is 9.08. The number of nitrogens with one attached hydrogen (secondary N) is 1. The quantitative estimate of drug-likeness (QED) is 0.891. The van der Waals surface area contributed by atoms with Gasteiger partial charge in [-0.15, -0.1) is 0 Å². The summed E-state index contributed by atoms with van der Waals surface area (Å²) in [6.07, 6.45) is 1.47. The van der Waals surface area contributed by atoms with E-state index in [9.17, 15) is 8.42 Å². The topological polar surface area (TPSA) is 71.3 Å². The standard InChI is InChI=1S/C12H13BrN2O3S/c1-15-7-12(6-11(15)8-16)19(17,18)14-10-4-2-9(13)3-5-10/h2-7,14,16H,8H2,1H3. The Kier molecular flexibility index (Phi) is 3.98. The van der Waals surface area contributed by atoms with Crippen LogP contribution in [-0.2, 0) is 23.7 Å². The zero-order valence-corrected chi connectivity index (χ0v) is 12.6. The van der Waals surface area contributed by atoms with E-state index in [1.54, 1.807) is 35.9 Å². The second kappa shape index (κ2) is 5.36. The Morgan fingerprint density at radius 1 is 1.32 bits per heavy atom. The predicted octanol–water partition coefficient (Wildman–Crippen LogP) is 2.08. The largest absolute Gasteiger partial charge is 0.390 e. The third kappa shape index (κ3) is 3.17. The maximum absolute atomic E-state index is 12.2. The van der Waals surface area contributed by atoms with Crippen LogP contribution in [0.3, 0.4) is 0 Å². The van der Waals surface area contributed by atoms with E-state index in [0.717, 1.165) is 4.47 Å². The number of aryl methyl sites for hydroxylation is 1. The molecule has 0 spiro atoms. The summed E-state index contributed by atoms with van der Waals surface area (Å²) in [7, 11) is -1.95. The molecule has 2 aromatic rings. The number of sulfonamides is 1. The number of benzene rings is 1. The van der Waals surface area contributed by atoms with E-state index in [2.05, 4.69) is 20.7 Å². The second-order valence-corrected chi connectivity index (χ2v) is 6.65. The number of nitrogens with zero attached hydrogens (tertiary/aromatic N) is 1. The molecule has 0 bridgehead atoms. The van der Waals surface area contributed by atoms with E-state index < -0.39 is 10.0 Å². The fourth-order valence-corrected chi connectivity index (χ4v) is 3.03. The number of hydrogen-bond acceptors (Lipinski definition) is 3. The molecular weight excluding hydrogens is 332 g/mol. The summed E-state index contributed by atoms with van der Waals surface area (Å²) in [5.74, 6) is 0. The molecule has 0 fully saturated rings. The highest BCUT2D eigenvalue weighted by molar-refractivity contribution is 9.10. The van der Waals surface area contributed by atoms with Gasteiger partial charge in [-0.3, -0.25) is 4.72 Å². The van der Waals surface area contributed by atoms with Crippen molar-refractivity contribution >= 4 is 31.6 Å². The summed E-state index contributed by atoms with van der Waals surface area (Å²) in [5.41, 5.74) is 1.02. The Hall–Kier alpha value is -1.31. The van der Waals surface area contributed by atoms with Crippen molar-refractivity contribution in [3.63, 3.8) is 0 Å². The minimum absolute atomic E-state index is 0.127. The molecule has 5 nitrogen and oxygen atoms in total. The Labute approximate surface area is 120 Å². The molecule has 2 N–H and O–H groups in total. The third-order valence-corrected chi connectivity index (χ3v) is 4.53. The van der Waals surface area contributed by atoms with Crippen molar-refractivity contribution in [1.29, 1.82) is 0 Å². The van der Waals surface area contributed by atoms with E-state index in [4.69, 9.17) is 5.11 Å².